The first-order valence-electron chi connectivity index (χ1n) is 4.74. The van der Waals surface area contributed by atoms with Gasteiger partial charge in [-0.25, -0.2) is 0 Å². The van der Waals surface area contributed by atoms with Crippen LogP contribution in [0.15, 0.2) is 46.0 Å². The molecule has 0 aliphatic rings. The summed E-state index contributed by atoms with van der Waals surface area (Å²) in [5.74, 6) is 0.613. The van der Waals surface area contributed by atoms with Crippen LogP contribution < -0.4 is 0 Å². The third-order valence-corrected chi connectivity index (χ3v) is 5.15. The highest BCUT2D eigenvalue weighted by molar-refractivity contribution is 7.86. The highest BCUT2D eigenvalue weighted by Crippen LogP contribution is 2.22. The van der Waals surface area contributed by atoms with Gasteiger partial charge < -0.3 is 0 Å². The third kappa shape index (κ3) is 2.55. The minimum absolute atomic E-state index is 0.613. The Bertz CT molecular complexity index is 459. The molecule has 1 unspecified atom stereocenters. The second kappa shape index (κ2) is 4.73. The lowest BCUT2D eigenvalue weighted by Gasteiger charge is -2.01. The molecule has 2 aromatic rings. The van der Waals surface area contributed by atoms with Gasteiger partial charge >= 0.3 is 0 Å². The van der Waals surface area contributed by atoms with Crippen molar-refractivity contribution in [2.24, 2.45) is 0 Å². The molecule has 0 aliphatic heterocycles. The Labute approximate surface area is 96.2 Å². The zero-order chi connectivity index (χ0) is 10.7. The van der Waals surface area contributed by atoms with Crippen molar-refractivity contribution in [3.8, 4) is 0 Å². The van der Waals surface area contributed by atoms with E-state index in [4.69, 9.17) is 0 Å². The predicted octanol–water partition coefficient (Wildman–Crippen LogP) is 3.36. The molecule has 1 nitrogen and oxygen atoms in total. The molecule has 0 aliphatic carbocycles. The minimum Gasteiger partial charge on any atom is -0.253 e. The summed E-state index contributed by atoms with van der Waals surface area (Å²) in [4.78, 5) is 0. The summed E-state index contributed by atoms with van der Waals surface area (Å²) in [6.45, 7) is 2.01. The zero-order valence-corrected chi connectivity index (χ0v) is 10.1. The van der Waals surface area contributed by atoms with Gasteiger partial charge in [0.2, 0.25) is 0 Å². The lowest BCUT2D eigenvalue weighted by Crippen LogP contribution is -1.95. The molecule has 1 aromatic heterocycles. The van der Waals surface area contributed by atoms with Crippen molar-refractivity contribution in [3.63, 3.8) is 0 Å². The Balaban J connectivity index is 2.15. The van der Waals surface area contributed by atoms with Crippen molar-refractivity contribution in [1.82, 2.24) is 0 Å². The van der Waals surface area contributed by atoms with E-state index >= 15 is 0 Å². The summed E-state index contributed by atoms with van der Waals surface area (Å²) in [5.41, 5.74) is 2.26. The Morgan fingerprint density at radius 1 is 1.20 bits per heavy atom. The van der Waals surface area contributed by atoms with E-state index in [1.807, 2.05) is 48.7 Å². The maximum Gasteiger partial charge on any atom is 0.0943 e. The van der Waals surface area contributed by atoms with Gasteiger partial charge in [-0.1, -0.05) is 30.3 Å². The van der Waals surface area contributed by atoms with Gasteiger partial charge in [-0.3, -0.25) is 4.21 Å². The first-order chi connectivity index (χ1) is 7.27. The maximum atomic E-state index is 12.0. The number of benzene rings is 1. The SMILES string of the molecule is Cc1ccsc1S(=O)Cc1ccccc1. The van der Waals surface area contributed by atoms with Crippen LogP contribution in [0.1, 0.15) is 11.1 Å². The van der Waals surface area contributed by atoms with Crippen LogP contribution in [0.5, 0.6) is 0 Å². The second-order valence-corrected chi connectivity index (χ2v) is 5.93. The zero-order valence-electron chi connectivity index (χ0n) is 8.47. The fourth-order valence-corrected chi connectivity index (χ4v) is 3.86. The number of rotatable bonds is 3. The molecule has 0 spiro atoms. The van der Waals surface area contributed by atoms with Crippen LogP contribution in [0, 0.1) is 6.92 Å². The van der Waals surface area contributed by atoms with E-state index in [1.165, 1.54) is 0 Å². The number of hydrogen-bond acceptors (Lipinski definition) is 2. The van der Waals surface area contributed by atoms with Gasteiger partial charge in [-0.05, 0) is 29.5 Å². The highest BCUT2D eigenvalue weighted by atomic mass is 32.2. The highest BCUT2D eigenvalue weighted by Gasteiger charge is 2.08. The minimum atomic E-state index is -0.896. The van der Waals surface area contributed by atoms with Crippen molar-refractivity contribution in [1.29, 1.82) is 0 Å². The van der Waals surface area contributed by atoms with E-state index in [0.29, 0.717) is 5.75 Å². The Morgan fingerprint density at radius 2 is 1.93 bits per heavy atom. The predicted molar refractivity (Wildman–Crippen MR) is 65.6 cm³/mol. The van der Waals surface area contributed by atoms with Gasteiger partial charge in [-0.2, -0.15) is 0 Å². The van der Waals surface area contributed by atoms with Gasteiger partial charge in [0.05, 0.1) is 20.8 Å². The quantitative estimate of drug-likeness (QED) is 0.798. The standard InChI is InChI=1S/C12H12OS2/c1-10-7-8-14-12(10)15(13)9-11-5-3-2-4-6-11/h2-8H,9H2,1H3. The molecule has 0 N–H and O–H groups in total. The topological polar surface area (TPSA) is 17.1 Å². The van der Waals surface area contributed by atoms with Crippen LogP contribution in [-0.4, -0.2) is 4.21 Å². The smallest absolute Gasteiger partial charge is 0.0943 e. The van der Waals surface area contributed by atoms with E-state index in [1.54, 1.807) is 11.3 Å². The number of thiophene rings is 1. The first-order valence-corrected chi connectivity index (χ1v) is 6.93. The fourth-order valence-electron chi connectivity index (χ4n) is 1.38. The van der Waals surface area contributed by atoms with Gasteiger partial charge in [-0.15, -0.1) is 11.3 Å². The normalized spacial score (nSPS) is 12.6. The lowest BCUT2D eigenvalue weighted by molar-refractivity contribution is 0.683. The monoisotopic (exact) mass is 236 g/mol. The number of hydrogen-bond donors (Lipinski definition) is 0. The summed E-state index contributed by atoms with van der Waals surface area (Å²) in [6.07, 6.45) is 0. The maximum absolute atomic E-state index is 12.0. The molecule has 3 heteroatoms. The van der Waals surface area contributed by atoms with E-state index in [2.05, 4.69) is 0 Å². The summed E-state index contributed by atoms with van der Waals surface area (Å²) in [6, 6.07) is 12.0. The molecule has 0 radical (unpaired) electrons. The molecule has 0 amide bonds. The molecule has 0 saturated heterocycles. The molecule has 0 saturated carbocycles. The van der Waals surface area contributed by atoms with Gasteiger partial charge in [0.15, 0.2) is 0 Å². The van der Waals surface area contributed by atoms with Crippen molar-refractivity contribution < 1.29 is 4.21 Å². The average molecular weight is 236 g/mol. The van der Waals surface area contributed by atoms with Crippen LogP contribution in [-0.2, 0) is 16.6 Å². The molecule has 0 bridgehead atoms. The van der Waals surface area contributed by atoms with Gasteiger partial charge in [0.1, 0.15) is 0 Å². The number of aryl methyl sites for hydroxylation is 1. The molecule has 1 aromatic carbocycles. The Hall–Kier alpha value is -0.930. The molecule has 15 heavy (non-hydrogen) atoms. The molecular weight excluding hydrogens is 224 g/mol. The second-order valence-electron chi connectivity index (χ2n) is 3.37. The van der Waals surface area contributed by atoms with Crippen LogP contribution in [0.25, 0.3) is 0 Å². The first kappa shape index (κ1) is 10.6. The largest absolute Gasteiger partial charge is 0.253 e. The van der Waals surface area contributed by atoms with Crippen LogP contribution in [0.2, 0.25) is 0 Å². The summed E-state index contributed by atoms with van der Waals surface area (Å²) in [5, 5.41) is 1.99. The molecule has 2 rings (SSSR count). The average Bonchev–Trinajstić information content (AvgIpc) is 2.66. The molecular formula is C12H12OS2. The van der Waals surface area contributed by atoms with Crippen molar-refractivity contribution in [3.05, 3.63) is 52.9 Å². The summed E-state index contributed by atoms with van der Waals surface area (Å²) >= 11 is 1.58. The van der Waals surface area contributed by atoms with Gasteiger partial charge in [0, 0.05) is 0 Å². The molecule has 0 fully saturated rings. The lowest BCUT2D eigenvalue weighted by atomic mass is 10.2. The van der Waals surface area contributed by atoms with Crippen LogP contribution in [0.3, 0.4) is 0 Å². The van der Waals surface area contributed by atoms with Gasteiger partial charge in [0.25, 0.3) is 0 Å². The fraction of sp³-hybridized carbons (Fsp3) is 0.167. The van der Waals surface area contributed by atoms with Crippen molar-refractivity contribution in [2.45, 2.75) is 16.9 Å². The molecule has 1 heterocycles. The Kier molecular flexibility index (Phi) is 3.34. The summed E-state index contributed by atoms with van der Waals surface area (Å²) in [7, 11) is -0.896. The summed E-state index contributed by atoms with van der Waals surface area (Å²) < 4.78 is 13.0. The Morgan fingerprint density at radius 3 is 2.53 bits per heavy atom. The van der Waals surface area contributed by atoms with E-state index in [0.717, 1.165) is 15.3 Å². The van der Waals surface area contributed by atoms with Crippen LogP contribution in [0.4, 0.5) is 0 Å². The third-order valence-electron chi connectivity index (χ3n) is 2.16. The van der Waals surface area contributed by atoms with E-state index in [9.17, 15) is 4.21 Å². The van der Waals surface area contributed by atoms with E-state index in [-0.39, 0.29) is 0 Å². The van der Waals surface area contributed by atoms with Crippen molar-refractivity contribution in [2.75, 3.05) is 0 Å². The van der Waals surface area contributed by atoms with Crippen molar-refractivity contribution >= 4 is 22.1 Å². The molecule has 78 valence electrons. The van der Waals surface area contributed by atoms with E-state index < -0.39 is 10.8 Å². The molecule has 1 atom stereocenters. The van der Waals surface area contributed by atoms with Crippen LogP contribution >= 0.6 is 11.3 Å².